The van der Waals surface area contributed by atoms with Crippen LogP contribution >= 0.6 is 0 Å². The molecule has 23 heavy (non-hydrogen) atoms. The Hall–Kier alpha value is -1.59. The summed E-state index contributed by atoms with van der Waals surface area (Å²) in [6.45, 7) is 9.63. The van der Waals surface area contributed by atoms with E-state index < -0.39 is 0 Å². The number of hydrogen-bond donors (Lipinski definition) is 1. The smallest absolute Gasteiger partial charge is 0.150 e. The van der Waals surface area contributed by atoms with E-state index in [-0.39, 0.29) is 0 Å². The van der Waals surface area contributed by atoms with E-state index in [0.717, 1.165) is 12.5 Å². The molecule has 5 heteroatoms. The minimum Gasteiger partial charge on any atom is -0.381 e. The van der Waals surface area contributed by atoms with Crippen molar-refractivity contribution in [2.75, 3.05) is 13.7 Å². The Labute approximate surface area is 139 Å². The first-order chi connectivity index (χ1) is 11.1. The number of nitrogens with one attached hydrogen (secondary N) is 1. The van der Waals surface area contributed by atoms with Crippen LogP contribution in [0.3, 0.4) is 0 Å². The Morgan fingerprint density at radius 1 is 1.26 bits per heavy atom. The number of benzene rings is 1. The molecule has 1 N–H and O–H groups in total. The van der Waals surface area contributed by atoms with Crippen molar-refractivity contribution in [3.63, 3.8) is 0 Å². The molecule has 0 spiro atoms. The van der Waals surface area contributed by atoms with Crippen molar-refractivity contribution < 1.29 is 9.53 Å². The zero-order valence-electron chi connectivity index (χ0n) is 14.9. The van der Waals surface area contributed by atoms with Gasteiger partial charge >= 0.3 is 0 Å². The second-order valence-electron chi connectivity index (χ2n) is 5.49. The third-order valence-corrected chi connectivity index (χ3v) is 3.66. The van der Waals surface area contributed by atoms with Crippen molar-refractivity contribution in [1.82, 2.24) is 5.32 Å². The lowest BCUT2D eigenvalue weighted by Gasteiger charge is -2.31. The number of hydrogen-bond acceptors (Lipinski definition) is 5. The molecule has 1 aliphatic heterocycles. The number of rotatable bonds is 4. The lowest BCUT2D eigenvalue weighted by Crippen LogP contribution is -2.43. The highest BCUT2D eigenvalue weighted by Crippen LogP contribution is 2.16. The van der Waals surface area contributed by atoms with Crippen molar-refractivity contribution in [2.45, 2.75) is 52.7 Å². The lowest BCUT2D eigenvalue weighted by atomic mass is 9.93. The molecule has 1 aliphatic rings. The highest BCUT2D eigenvalue weighted by atomic mass is 16.5. The van der Waals surface area contributed by atoms with Crippen LogP contribution in [0.25, 0.3) is 0 Å². The van der Waals surface area contributed by atoms with Crippen LogP contribution in [-0.2, 0) is 4.74 Å². The van der Waals surface area contributed by atoms with Crippen LogP contribution in [0.4, 0.5) is 5.69 Å². The van der Waals surface area contributed by atoms with Crippen LogP contribution < -0.4 is 5.32 Å². The van der Waals surface area contributed by atoms with Gasteiger partial charge in [0.05, 0.1) is 6.10 Å². The standard InChI is InChI=1S/C9H19NO.C7H5NO2.C2H6/c1-7(2)9-6-8(11-3)4-5-10-9;9-5-6-1-3-7(8-10)4-2-6;1-2/h7-10H,4-6H2,1-3H3;1-5H;1-2H3. The van der Waals surface area contributed by atoms with Crippen LogP contribution in [0.15, 0.2) is 29.4 Å². The quantitative estimate of drug-likeness (QED) is 0.661. The van der Waals surface area contributed by atoms with Gasteiger partial charge in [0.25, 0.3) is 0 Å². The average molecular weight is 322 g/mol. The summed E-state index contributed by atoms with van der Waals surface area (Å²) >= 11 is 0. The predicted octanol–water partition coefficient (Wildman–Crippen LogP) is 4.33. The van der Waals surface area contributed by atoms with Gasteiger partial charge in [0.1, 0.15) is 12.0 Å². The SMILES string of the molecule is CC.COC1CCNC(C(C)C)C1.O=Cc1ccc(N=O)cc1. The van der Waals surface area contributed by atoms with Crippen molar-refractivity contribution in [3.8, 4) is 0 Å². The van der Waals surface area contributed by atoms with Crippen LogP contribution in [-0.4, -0.2) is 32.1 Å². The molecule has 2 rings (SSSR count). The van der Waals surface area contributed by atoms with E-state index in [9.17, 15) is 9.70 Å². The number of ether oxygens (including phenoxy) is 1. The molecule has 0 aromatic heterocycles. The molecule has 0 bridgehead atoms. The molecule has 0 aliphatic carbocycles. The maximum atomic E-state index is 10.1. The van der Waals surface area contributed by atoms with Gasteiger partial charge in [0, 0.05) is 18.7 Å². The van der Waals surface area contributed by atoms with Gasteiger partial charge in [0.15, 0.2) is 0 Å². The van der Waals surface area contributed by atoms with Crippen LogP contribution in [0.5, 0.6) is 0 Å². The van der Waals surface area contributed by atoms with Gasteiger partial charge in [-0.2, -0.15) is 0 Å². The number of carbonyl (C=O) groups excluding carboxylic acids is 1. The molecule has 1 saturated heterocycles. The van der Waals surface area contributed by atoms with E-state index in [0.29, 0.717) is 29.7 Å². The van der Waals surface area contributed by atoms with E-state index in [1.54, 1.807) is 12.1 Å². The molecule has 1 aromatic rings. The minimum atomic E-state index is 0.339. The van der Waals surface area contributed by atoms with E-state index in [1.807, 2.05) is 21.0 Å². The Balaban J connectivity index is 0.000000381. The number of aldehydes is 1. The van der Waals surface area contributed by atoms with Gasteiger partial charge in [-0.1, -0.05) is 27.7 Å². The summed E-state index contributed by atoms with van der Waals surface area (Å²) in [4.78, 5) is 20.0. The van der Waals surface area contributed by atoms with Crippen molar-refractivity contribution in [3.05, 3.63) is 34.7 Å². The van der Waals surface area contributed by atoms with Crippen LogP contribution in [0.1, 0.15) is 50.9 Å². The van der Waals surface area contributed by atoms with Gasteiger partial charge in [-0.25, -0.2) is 0 Å². The highest BCUT2D eigenvalue weighted by molar-refractivity contribution is 5.75. The molecule has 0 amide bonds. The molecular formula is C18H30N2O3. The van der Waals surface area contributed by atoms with Crippen molar-refractivity contribution in [2.24, 2.45) is 11.1 Å². The van der Waals surface area contributed by atoms with E-state index in [4.69, 9.17) is 4.74 Å². The Kier molecular flexibility index (Phi) is 12.0. The van der Waals surface area contributed by atoms with E-state index >= 15 is 0 Å². The first-order valence-electron chi connectivity index (χ1n) is 8.25. The number of carbonyl (C=O) groups is 1. The number of piperidine rings is 1. The van der Waals surface area contributed by atoms with Crippen molar-refractivity contribution in [1.29, 1.82) is 0 Å². The summed E-state index contributed by atoms with van der Waals surface area (Å²) in [7, 11) is 1.81. The summed E-state index contributed by atoms with van der Waals surface area (Å²) in [5.41, 5.74) is 0.887. The van der Waals surface area contributed by atoms with E-state index in [1.165, 1.54) is 25.0 Å². The fourth-order valence-electron chi connectivity index (χ4n) is 2.25. The van der Waals surface area contributed by atoms with Crippen molar-refractivity contribution >= 4 is 12.0 Å². The second kappa shape index (κ2) is 12.9. The fourth-order valence-corrected chi connectivity index (χ4v) is 2.25. The largest absolute Gasteiger partial charge is 0.381 e. The molecule has 0 radical (unpaired) electrons. The first kappa shape index (κ1) is 21.4. The predicted molar refractivity (Wildman–Crippen MR) is 95.3 cm³/mol. The molecule has 5 nitrogen and oxygen atoms in total. The molecule has 2 unspecified atom stereocenters. The second-order valence-corrected chi connectivity index (χ2v) is 5.49. The monoisotopic (exact) mass is 322 g/mol. The summed E-state index contributed by atoms with van der Waals surface area (Å²) in [5, 5.41) is 6.18. The maximum Gasteiger partial charge on any atom is 0.150 e. The number of nitrogens with zero attached hydrogens (tertiary/aromatic N) is 1. The van der Waals surface area contributed by atoms with Crippen LogP contribution in [0.2, 0.25) is 0 Å². The number of methoxy groups -OCH3 is 1. The topological polar surface area (TPSA) is 67.8 Å². The molecular weight excluding hydrogens is 292 g/mol. The van der Waals surface area contributed by atoms with Crippen LogP contribution in [0, 0.1) is 10.8 Å². The lowest BCUT2D eigenvalue weighted by molar-refractivity contribution is 0.0547. The zero-order chi connectivity index (χ0) is 17.7. The molecule has 130 valence electrons. The van der Waals surface area contributed by atoms with Gasteiger partial charge < -0.3 is 10.1 Å². The third kappa shape index (κ3) is 8.57. The average Bonchev–Trinajstić information content (AvgIpc) is 2.64. The van der Waals surface area contributed by atoms with Gasteiger partial charge in [-0.15, -0.1) is 4.91 Å². The van der Waals surface area contributed by atoms with Gasteiger partial charge in [-0.3, -0.25) is 4.79 Å². The molecule has 1 fully saturated rings. The summed E-state index contributed by atoms with van der Waals surface area (Å²) < 4.78 is 5.33. The molecule has 1 heterocycles. The normalized spacial score (nSPS) is 19.7. The molecule has 0 saturated carbocycles. The molecule has 1 aromatic carbocycles. The third-order valence-electron chi connectivity index (χ3n) is 3.66. The summed E-state index contributed by atoms with van der Waals surface area (Å²) in [6, 6.07) is 6.75. The molecule has 2 atom stereocenters. The maximum absolute atomic E-state index is 10.1. The number of nitroso groups, excluding NO2 is 1. The first-order valence-corrected chi connectivity index (χ1v) is 8.25. The zero-order valence-corrected chi connectivity index (χ0v) is 14.9. The fraction of sp³-hybridized carbons (Fsp3) is 0.611. The summed E-state index contributed by atoms with van der Waals surface area (Å²) in [5.74, 6) is 0.730. The van der Waals surface area contributed by atoms with E-state index in [2.05, 4.69) is 24.3 Å². The minimum absolute atomic E-state index is 0.339. The Bertz CT molecular complexity index is 405. The Morgan fingerprint density at radius 3 is 2.30 bits per heavy atom. The van der Waals surface area contributed by atoms with Gasteiger partial charge in [-0.05, 0) is 54.7 Å². The highest BCUT2D eigenvalue weighted by Gasteiger charge is 2.22. The Morgan fingerprint density at radius 2 is 1.87 bits per heavy atom. The summed E-state index contributed by atoms with van der Waals surface area (Å²) in [6.07, 6.45) is 3.55. The van der Waals surface area contributed by atoms with Gasteiger partial charge in [0.2, 0.25) is 0 Å².